The molecule has 1 atom stereocenters. The molecule has 0 aromatic heterocycles. The summed E-state index contributed by atoms with van der Waals surface area (Å²) < 4.78 is 5.58. The summed E-state index contributed by atoms with van der Waals surface area (Å²) in [6.45, 7) is 4.31. The molecule has 1 aromatic carbocycles. The third-order valence-corrected chi connectivity index (χ3v) is 3.98. The van der Waals surface area contributed by atoms with Gasteiger partial charge in [-0.3, -0.25) is 4.79 Å². The molecule has 2 aliphatic heterocycles. The van der Waals surface area contributed by atoms with Gasteiger partial charge in [-0.15, -0.1) is 0 Å². The monoisotopic (exact) mass is 275 g/mol. The van der Waals surface area contributed by atoms with E-state index < -0.39 is 0 Å². The minimum absolute atomic E-state index is 0.0994. The largest absolute Gasteiger partial charge is 0.373 e. The summed E-state index contributed by atoms with van der Waals surface area (Å²) in [5.41, 5.74) is 2.41. The number of ether oxygens (including phenoxy) is 1. The van der Waals surface area contributed by atoms with Crippen molar-refractivity contribution in [2.24, 2.45) is 0 Å². The molecular weight excluding hydrogens is 254 g/mol. The highest BCUT2D eigenvalue weighted by Crippen LogP contribution is 2.24. The van der Waals surface area contributed by atoms with Gasteiger partial charge in [-0.25, -0.2) is 0 Å². The number of hydrogen-bond donors (Lipinski definition) is 1. The number of amides is 1. The molecule has 5 nitrogen and oxygen atoms in total. The Morgan fingerprint density at radius 1 is 1.35 bits per heavy atom. The third kappa shape index (κ3) is 2.64. The highest BCUT2D eigenvalue weighted by Gasteiger charge is 2.29. The predicted octanol–water partition coefficient (Wildman–Crippen LogP) is 0.453. The number of carbonyl (C=O) groups excluding carboxylic acids is 1. The quantitative estimate of drug-likeness (QED) is 0.808. The fraction of sp³-hybridized carbons (Fsp3) is 0.533. The lowest BCUT2D eigenvalue weighted by Gasteiger charge is -2.29. The average molecular weight is 275 g/mol. The van der Waals surface area contributed by atoms with Gasteiger partial charge in [0.15, 0.2) is 0 Å². The number of nitrogens with zero attached hydrogens (tertiary/aromatic N) is 2. The zero-order valence-electron chi connectivity index (χ0n) is 11.8. The van der Waals surface area contributed by atoms with Crippen LogP contribution in [0.5, 0.6) is 0 Å². The van der Waals surface area contributed by atoms with Crippen molar-refractivity contribution in [3.8, 4) is 0 Å². The number of morpholine rings is 1. The minimum Gasteiger partial charge on any atom is -0.373 e. The molecule has 3 rings (SSSR count). The van der Waals surface area contributed by atoms with Gasteiger partial charge in [0.2, 0.25) is 0 Å². The van der Waals surface area contributed by atoms with Crippen LogP contribution in [0.15, 0.2) is 24.3 Å². The van der Waals surface area contributed by atoms with E-state index in [-0.39, 0.29) is 12.0 Å². The van der Waals surface area contributed by atoms with Gasteiger partial charge in [0, 0.05) is 45.5 Å². The van der Waals surface area contributed by atoms with Crippen LogP contribution in [0, 0.1) is 0 Å². The Kier molecular flexibility index (Phi) is 3.89. The lowest BCUT2D eigenvalue weighted by molar-refractivity contribution is -0.145. The van der Waals surface area contributed by atoms with Crippen LogP contribution in [0.25, 0.3) is 0 Å². The van der Waals surface area contributed by atoms with Gasteiger partial charge in [0.05, 0.1) is 6.61 Å². The number of hydrogen-bond acceptors (Lipinski definition) is 4. The van der Waals surface area contributed by atoms with Crippen molar-refractivity contribution < 1.29 is 9.53 Å². The molecule has 108 valence electrons. The second kappa shape index (κ2) is 5.81. The Bertz CT molecular complexity index is 486. The number of anilines is 1. The van der Waals surface area contributed by atoms with Crippen LogP contribution in [0.1, 0.15) is 5.56 Å². The van der Waals surface area contributed by atoms with Crippen LogP contribution in [-0.2, 0) is 16.1 Å². The van der Waals surface area contributed by atoms with E-state index in [0.29, 0.717) is 19.7 Å². The summed E-state index contributed by atoms with van der Waals surface area (Å²) in [5, 5.41) is 3.22. The van der Waals surface area contributed by atoms with Crippen molar-refractivity contribution in [1.82, 2.24) is 10.2 Å². The van der Waals surface area contributed by atoms with Crippen LogP contribution in [0.2, 0.25) is 0 Å². The van der Waals surface area contributed by atoms with Crippen molar-refractivity contribution in [1.29, 1.82) is 0 Å². The Balaban J connectivity index is 1.77. The summed E-state index contributed by atoms with van der Waals surface area (Å²) in [6, 6.07) is 8.28. The molecule has 0 aliphatic carbocycles. The molecular formula is C15H21N3O2. The van der Waals surface area contributed by atoms with Crippen molar-refractivity contribution >= 4 is 11.6 Å². The summed E-state index contributed by atoms with van der Waals surface area (Å²) in [5.74, 6) is 0.0994. The lowest BCUT2D eigenvalue weighted by atomic mass is 10.1. The van der Waals surface area contributed by atoms with Crippen molar-refractivity contribution in [3.05, 3.63) is 29.8 Å². The van der Waals surface area contributed by atoms with E-state index in [0.717, 1.165) is 19.6 Å². The molecule has 1 amide bonds. The predicted molar refractivity (Wildman–Crippen MR) is 77.7 cm³/mol. The number of para-hydroxylation sites is 1. The standard InChI is InChI=1S/C15H21N3O2/c1-17-7-8-18(11-12-4-2-3-5-13(12)17)15(19)14-10-16-6-9-20-14/h2-5,14,16H,6-11H2,1H3. The summed E-state index contributed by atoms with van der Waals surface area (Å²) in [7, 11) is 2.07. The zero-order chi connectivity index (χ0) is 13.9. The minimum atomic E-state index is -0.334. The number of benzene rings is 1. The topological polar surface area (TPSA) is 44.8 Å². The molecule has 0 radical (unpaired) electrons. The number of nitrogens with one attached hydrogen (secondary N) is 1. The maximum absolute atomic E-state index is 12.6. The maximum Gasteiger partial charge on any atom is 0.253 e. The zero-order valence-corrected chi connectivity index (χ0v) is 11.8. The first kappa shape index (κ1) is 13.4. The molecule has 1 fully saturated rings. The normalized spacial score (nSPS) is 23.1. The maximum atomic E-state index is 12.6. The second-order valence-corrected chi connectivity index (χ2v) is 5.37. The van der Waals surface area contributed by atoms with Crippen LogP contribution in [-0.4, -0.2) is 56.7 Å². The van der Waals surface area contributed by atoms with Crippen molar-refractivity contribution in [3.63, 3.8) is 0 Å². The van der Waals surface area contributed by atoms with Crippen molar-refractivity contribution in [2.45, 2.75) is 12.6 Å². The third-order valence-electron chi connectivity index (χ3n) is 3.98. The molecule has 2 heterocycles. The number of fused-ring (bicyclic) bond motifs is 1. The van der Waals surface area contributed by atoms with Gasteiger partial charge in [-0.2, -0.15) is 0 Å². The summed E-state index contributed by atoms with van der Waals surface area (Å²) >= 11 is 0. The van der Waals surface area contributed by atoms with E-state index in [1.807, 2.05) is 17.0 Å². The van der Waals surface area contributed by atoms with Gasteiger partial charge in [-0.05, 0) is 11.6 Å². The van der Waals surface area contributed by atoms with Crippen molar-refractivity contribution in [2.75, 3.05) is 44.7 Å². The number of likely N-dealkylation sites (N-methyl/N-ethyl adjacent to an activating group) is 1. The Labute approximate surface area is 119 Å². The van der Waals surface area contributed by atoms with Crippen LogP contribution in [0.4, 0.5) is 5.69 Å². The molecule has 20 heavy (non-hydrogen) atoms. The summed E-state index contributed by atoms with van der Waals surface area (Å²) in [6.07, 6.45) is -0.334. The Morgan fingerprint density at radius 3 is 3.00 bits per heavy atom. The van der Waals surface area contributed by atoms with Crippen LogP contribution >= 0.6 is 0 Å². The van der Waals surface area contributed by atoms with Gasteiger partial charge >= 0.3 is 0 Å². The molecule has 1 saturated heterocycles. The molecule has 2 aliphatic rings. The molecule has 0 saturated carbocycles. The van der Waals surface area contributed by atoms with E-state index in [2.05, 4.69) is 29.4 Å². The molecule has 0 spiro atoms. The van der Waals surface area contributed by atoms with Crippen LogP contribution in [0.3, 0.4) is 0 Å². The SMILES string of the molecule is CN1CCN(C(=O)C2CNCCO2)Cc2ccccc21. The first-order chi connectivity index (χ1) is 9.75. The Hall–Kier alpha value is -1.59. The van der Waals surface area contributed by atoms with Gasteiger partial charge in [0.1, 0.15) is 6.10 Å². The highest BCUT2D eigenvalue weighted by atomic mass is 16.5. The molecule has 5 heteroatoms. The van der Waals surface area contributed by atoms with Gasteiger partial charge < -0.3 is 19.9 Å². The fourth-order valence-electron chi connectivity index (χ4n) is 2.81. The van der Waals surface area contributed by atoms with E-state index >= 15 is 0 Å². The fourth-order valence-corrected chi connectivity index (χ4v) is 2.81. The van der Waals surface area contributed by atoms with E-state index in [9.17, 15) is 4.79 Å². The number of rotatable bonds is 1. The van der Waals surface area contributed by atoms with Crippen LogP contribution < -0.4 is 10.2 Å². The molecule has 0 bridgehead atoms. The first-order valence-electron chi connectivity index (χ1n) is 7.16. The highest BCUT2D eigenvalue weighted by molar-refractivity contribution is 5.81. The Morgan fingerprint density at radius 2 is 2.20 bits per heavy atom. The lowest BCUT2D eigenvalue weighted by Crippen LogP contribution is -2.49. The van der Waals surface area contributed by atoms with E-state index in [4.69, 9.17) is 4.74 Å². The number of carbonyl (C=O) groups is 1. The first-order valence-corrected chi connectivity index (χ1v) is 7.16. The molecule has 1 aromatic rings. The van der Waals surface area contributed by atoms with E-state index in [1.54, 1.807) is 0 Å². The van der Waals surface area contributed by atoms with Gasteiger partial charge in [-0.1, -0.05) is 18.2 Å². The molecule has 1 unspecified atom stereocenters. The van der Waals surface area contributed by atoms with E-state index in [1.165, 1.54) is 11.3 Å². The van der Waals surface area contributed by atoms with Gasteiger partial charge in [0.25, 0.3) is 5.91 Å². The second-order valence-electron chi connectivity index (χ2n) is 5.37. The molecule has 1 N–H and O–H groups in total. The smallest absolute Gasteiger partial charge is 0.253 e. The average Bonchev–Trinajstić information content (AvgIpc) is 2.67. The summed E-state index contributed by atoms with van der Waals surface area (Å²) in [4.78, 5) is 16.7.